The Kier molecular flexibility index (Phi) is 6.50. The molecule has 0 spiro atoms. The highest BCUT2D eigenvalue weighted by atomic mass is 16.5. The van der Waals surface area contributed by atoms with Crippen molar-refractivity contribution in [2.45, 2.75) is 39.0 Å². The number of carbonyl (C=O) groups is 1. The third-order valence-electron chi connectivity index (χ3n) is 5.26. The smallest absolute Gasteiger partial charge is 0.257 e. The van der Waals surface area contributed by atoms with E-state index in [-0.39, 0.29) is 11.8 Å². The van der Waals surface area contributed by atoms with E-state index in [2.05, 4.69) is 17.1 Å². The molecule has 31 heavy (non-hydrogen) atoms. The molecule has 1 fully saturated rings. The number of ether oxygens (including phenoxy) is 2. The summed E-state index contributed by atoms with van der Waals surface area (Å²) < 4.78 is 16.6. The van der Waals surface area contributed by atoms with E-state index >= 15 is 0 Å². The van der Waals surface area contributed by atoms with Gasteiger partial charge >= 0.3 is 0 Å². The Morgan fingerprint density at radius 1 is 1.03 bits per heavy atom. The molecule has 2 heterocycles. The zero-order chi connectivity index (χ0) is 21.6. The number of benzene rings is 2. The van der Waals surface area contributed by atoms with Crippen LogP contribution in [0.15, 0.2) is 53.1 Å². The van der Waals surface area contributed by atoms with Crippen molar-refractivity contribution in [3.8, 4) is 23.0 Å². The van der Waals surface area contributed by atoms with Gasteiger partial charge in [-0.15, -0.1) is 0 Å². The van der Waals surface area contributed by atoms with E-state index in [9.17, 15) is 4.79 Å². The third-order valence-corrected chi connectivity index (χ3v) is 5.26. The highest BCUT2D eigenvalue weighted by Gasteiger charge is 2.34. The Morgan fingerprint density at radius 3 is 2.45 bits per heavy atom. The van der Waals surface area contributed by atoms with Gasteiger partial charge in [-0.05, 0) is 61.9 Å². The molecule has 1 unspecified atom stereocenters. The minimum Gasteiger partial charge on any atom is -0.494 e. The number of unbranched alkanes of at least 4 members (excludes halogenated alkanes) is 1. The first kappa shape index (κ1) is 20.9. The average Bonchev–Trinajstić information content (AvgIpc) is 3.42. The van der Waals surface area contributed by atoms with Gasteiger partial charge in [0.1, 0.15) is 11.5 Å². The maximum Gasteiger partial charge on any atom is 0.257 e. The normalized spacial score (nSPS) is 16.0. The van der Waals surface area contributed by atoms with Gasteiger partial charge in [0.05, 0.1) is 13.2 Å². The molecule has 0 aliphatic carbocycles. The summed E-state index contributed by atoms with van der Waals surface area (Å²) in [5.41, 5.74) is 1.67. The number of rotatable bonds is 9. The molecule has 3 aromatic rings. The molecule has 1 amide bonds. The van der Waals surface area contributed by atoms with Crippen LogP contribution >= 0.6 is 0 Å². The monoisotopic (exact) mass is 421 g/mol. The Morgan fingerprint density at radius 2 is 1.74 bits per heavy atom. The molecule has 1 saturated heterocycles. The lowest BCUT2D eigenvalue weighted by Gasteiger charge is -2.16. The first-order valence-electron chi connectivity index (χ1n) is 10.8. The molecule has 1 aromatic heterocycles. The summed E-state index contributed by atoms with van der Waals surface area (Å²) in [6.45, 7) is 5.92. The van der Waals surface area contributed by atoms with Gasteiger partial charge < -0.3 is 18.9 Å². The maximum atomic E-state index is 12.6. The van der Waals surface area contributed by atoms with Gasteiger partial charge in [-0.3, -0.25) is 4.79 Å². The summed E-state index contributed by atoms with van der Waals surface area (Å²) in [5.74, 6) is 2.56. The number of nitrogens with zero attached hydrogens (tertiary/aromatic N) is 3. The van der Waals surface area contributed by atoms with Gasteiger partial charge in [-0.25, -0.2) is 0 Å². The lowest BCUT2D eigenvalue weighted by molar-refractivity contribution is -0.117. The topological polar surface area (TPSA) is 77.7 Å². The summed E-state index contributed by atoms with van der Waals surface area (Å²) in [6, 6.07) is 15.2. The van der Waals surface area contributed by atoms with Crippen LogP contribution in [0.5, 0.6) is 11.5 Å². The van der Waals surface area contributed by atoms with Crippen molar-refractivity contribution in [2.24, 2.45) is 0 Å². The Labute approximate surface area is 182 Å². The lowest BCUT2D eigenvalue weighted by atomic mass is 10.1. The summed E-state index contributed by atoms with van der Waals surface area (Å²) in [6.07, 6.45) is 2.49. The molecule has 0 radical (unpaired) electrons. The average molecular weight is 421 g/mol. The van der Waals surface area contributed by atoms with Crippen LogP contribution in [0.3, 0.4) is 0 Å². The highest BCUT2D eigenvalue weighted by Crippen LogP contribution is 2.32. The first-order chi connectivity index (χ1) is 15.2. The van der Waals surface area contributed by atoms with Gasteiger partial charge in [-0.1, -0.05) is 18.5 Å². The van der Waals surface area contributed by atoms with Crippen molar-refractivity contribution in [3.05, 3.63) is 54.4 Å². The van der Waals surface area contributed by atoms with E-state index in [0.717, 1.165) is 35.6 Å². The van der Waals surface area contributed by atoms with Gasteiger partial charge in [-0.2, -0.15) is 4.98 Å². The van der Waals surface area contributed by atoms with E-state index in [1.807, 2.05) is 55.5 Å². The number of amides is 1. The Balaban J connectivity index is 1.41. The molecule has 0 N–H and O–H groups in total. The highest BCUT2D eigenvalue weighted by molar-refractivity contribution is 5.96. The molecule has 1 atom stereocenters. The summed E-state index contributed by atoms with van der Waals surface area (Å²) in [7, 11) is 0. The second-order valence-corrected chi connectivity index (χ2v) is 7.52. The van der Waals surface area contributed by atoms with Crippen molar-refractivity contribution in [2.75, 3.05) is 24.7 Å². The summed E-state index contributed by atoms with van der Waals surface area (Å²) in [4.78, 5) is 18.9. The quantitative estimate of drug-likeness (QED) is 0.460. The van der Waals surface area contributed by atoms with Crippen molar-refractivity contribution in [1.82, 2.24) is 10.1 Å². The third kappa shape index (κ3) is 4.87. The molecule has 7 heteroatoms. The fraction of sp³-hybridized carbons (Fsp3) is 0.375. The maximum absolute atomic E-state index is 12.6. The van der Waals surface area contributed by atoms with Gasteiger partial charge in [0, 0.05) is 30.1 Å². The van der Waals surface area contributed by atoms with Crippen molar-refractivity contribution in [3.63, 3.8) is 0 Å². The number of hydrogen-bond acceptors (Lipinski definition) is 6. The standard InChI is InChI=1S/C24H27N3O4/c1-3-5-14-30-21-10-6-17(7-11-21)24-25-23(26-31-24)18-15-22(28)27(16-18)19-8-12-20(13-9-19)29-4-2/h6-13,18H,3-5,14-16H2,1-2H3. The minimum atomic E-state index is -0.104. The van der Waals surface area contributed by atoms with Crippen LogP contribution in [0.1, 0.15) is 44.9 Å². The SMILES string of the molecule is CCCCOc1ccc(-c2nc(C3CC(=O)N(c4ccc(OCC)cc4)C3)no2)cc1. The zero-order valence-corrected chi connectivity index (χ0v) is 17.9. The van der Waals surface area contributed by atoms with E-state index in [1.54, 1.807) is 4.90 Å². The van der Waals surface area contributed by atoms with E-state index in [1.165, 1.54) is 0 Å². The van der Waals surface area contributed by atoms with E-state index < -0.39 is 0 Å². The first-order valence-corrected chi connectivity index (χ1v) is 10.8. The predicted octanol–water partition coefficient (Wildman–Crippen LogP) is 4.83. The van der Waals surface area contributed by atoms with Gasteiger partial charge in [0.25, 0.3) is 5.89 Å². The van der Waals surface area contributed by atoms with Crippen LogP contribution in [0.4, 0.5) is 5.69 Å². The van der Waals surface area contributed by atoms with Gasteiger partial charge in [0.15, 0.2) is 5.82 Å². The number of aromatic nitrogens is 2. The van der Waals surface area contributed by atoms with Crippen molar-refractivity contribution >= 4 is 11.6 Å². The fourth-order valence-corrected chi connectivity index (χ4v) is 3.57. The van der Waals surface area contributed by atoms with Crippen molar-refractivity contribution < 1.29 is 18.8 Å². The Bertz CT molecular complexity index is 998. The van der Waals surface area contributed by atoms with Crippen LogP contribution in [0.2, 0.25) is 0 Å². The summed E-state index contributed by atoms with van der Waals surface area (Å²) in [5, 5.41) is 4.14. The van der Waals surface area contributed by atoms with E-state index in [4.69, 9.17) is 14.0 Å². The van der Waals surface area contributed by atoms with Gasteiger partial charge in [0.2, 0.25) is 5.91 Å². The summed E-state index contributed by atoms with van der Waals surface area (Å²) >= 11 is 0. The molecule has 4 rings (SSSR count). The van der Waals surface area contributed by atoms with Crippen molar-refractivity contribution in [1.29, 1.82) is 0 Å². The second-order valence-electron chi connectivity index (χ2n) is 7.52. The lowest BCUT2D eigenvalue weighted by Crippen LogP contribution is -2.24. The minimum absolute atomic E-state index is 0.0501. The van der Waals surface area contributed by atoms with Crippen LogP contribution in [0.25, 0.3) is 11.5 Å². The number of carbonyl (C=O) groups excluding carboxylic acids is 1. The number of hydrogen-bond donors (Lipinski definition) is 0. The fourth-order valence-electron chi connectivity index (χ4n) is 3.57. The van der Waals surface area contributed by atoms with Crippen LogP contribution in [0, 0.1) is 0 Å². The van der Waals surface area contributed by atoms with Crippen LogP contribution in [-0.2, 0) is 4.79 Å². The molecule has 2 aromatic carbocycles. The predicted molar refractivity (Wildman–Crippen MR) is 117 cm³/mol. The molecular weight excluding hydrogens is 394 g/mol. The molecular formula is C24H27N3O4. The molecule has 162 valence electrons. The van der Waals surface area contributed by atoms with Crippen LogP contribution in [-0.4, -0.2) is 35.8 Å². The molecule has 1 aliphatic heterocycles. The van der Waals surface area contributed by atoms with Crippen LogP contribution < -0.4 is 14.4 Å². The second kappa shape index (κ2) is 9.64. The Hall–Kier alpha value is -3.35. The number of anilines is 1. The molecule has 1 aliphatic rings. The van der Waals surface area contributed by atoms with E-state index in [0.29, 0.717) is 37.9 Å². The molecule has 0 saturated carbocycles. The molecule has 7 nitrogen and oxygen atoms in total. The molecule has 0 bridgehead atoms. The largest absolute Gasteiger partial charge is 0.494 e. The zero-order valence-electron chi connectivity index (χ0n) is 17.9.